The molecule has 0 aromatic carbocycles. The number of nitrogens with two attached hydrogens (primary N) is 1. The van der Waals surface area contributed by atoms with Crippen LogP contribution in [-0.4, -0.2) is 10.1 Å². The van der Waals surface area contributed by atoms with Crippen molar-refractivity contribution in [3.05, 3.63) is 0 Å². The van der Waals surface area contributed by atoms with Crippen molar-refractivity contribution in [2.24, 2.45) is 5.73 Å². The van der Waals surface area contributed by atoms with Crippen LogP contribution < -0.4 is 5.73 Å². The van der Waals surface area contributed by atoms with E-state index in [-0.39, 0.29) is 17.1 Å². The van der Waals surface area contributed by atoms with Gasteiger partial charge in [-0.15, -0.1) is 0 Å². The number of hydrogen-bond donors (Lipinski definition) is 1. The molecule has 0 bridgehead atoms. The first-order valence-corrected chi connectivity index (χ1v) is 5.09. The minimum Gasteiger partial charge on any atom is -0.385 e. The topological polar surface area (TPSA) is 26.0 Å². The molecule has 0 spiro atoms. The van der Waals surface area contributed by atoms with Crippen molar-refractivity contribution >= 4 is 28.3 Å². The summed E-state index contributed by atoms with van der Waals surface area (Å²) in [5.41, 5.74) is 5.30. The van der Waals surface area contributed by atoms with E-state index in [1.54, 1.807) is 11.8 Å². The van der Waals surface area contributed by atoms with Gasteiger partial charge in [0.1, 0.15) is 4.32 Å². The molecule has 0 unspecified atom stereocenters. The van der Waals surface area contributed by atoms with Gasteiger partial charge in [0.2, 0.25) is 0 Å². The summed E-state index contributed by atoms with van der Waals surface area (Å²) >= 11 is 6.31. The van der Waals surface area contributed by atoms with Crippen LogP contribution in [0.2, 0.25) is 0 Å². The Kier molecular flexibility index (Phi) is 14.0. The summed E-state index contributed by atoms with van der Waals surface area (Å²) in [7, 11) is 0. The molecular weight excluding hydrogens is 217 g/mol. The van der Waals surface area contributed by atoms with E-state index in [0.717, 1.165) is 5.75 Å². The van der Waals surface area contributed by atoms with Crippen molar-refractivity contribution < 1.29 is 17.1 Å². The summed E-state index contributed by atoms with van der Waals surface area (Å²) in [4.78, 5) is 0. The molecule has 0 heterocycles. The summed E-state index contributed by atoms with van der Waals surface area (Å²) < 4.78 is 0.580. The molecule has 0 atom stereocenters. The van der Waals surface area contributed by atoms with E-state index in [9.17, 15) is 0 Å². The fourth-order valence-corrected chi connectivity index (χ4v) is 1.50. The maximum absolute atomic E-state index is 5.30. The Labute approximate surface area is 89.3 Å². The average Bonchev–Trinajstić information content (AvgIpc) is 1.87. The predicted octanol–water partition coefficient (Wildman–Crippen LogP) is 2.54. The first-order valence-electron chi connectivity index (χ1n) is 3.69. The fraction of sp³-hybridized carbons (Fsp3) is 0.857. The number of hydrogen-bond acceptors (Lipinski definition) is 2. The van der Waals surface area contributed by atoms with Crippen LogP contribution in [-0.2, 0) is 17.1 Å². The molecular formula is C7H15MnNS2. The van der Waals surface area contributed by atoms with E-state index in [2.05, 4.69) is 6.92 Å². The Bertz CT molecular complexity index is 98.4. The van der Waals surface area contributed by atoms with E-state index in [1.807, 2.05) is 0 Å². The molecule has 1 radical (unpaired) electrons. The van der Waals surface area contributed by atoms with Crippen molar-refractivity contribution in [1.29, 1.82) is 0 Å². The Morgan fingerprint density at radius 2 is 2.00 bits per heavy atom. The van der Waals surface area contributed by atoms with Crippen molar-refractivity contribution in [3.8, 4) is 0 Å². The molecule has 0 saturated carbocycles. The second-order valence-corrected chi connectivity index (χ2v) is 4.06. The van der Waals surface area contributed by atoms with Crippen molar-refractivity contribution in [2.75, 3.05) is 5.75 Å². The van der Waals surface area contributed by atoms with Gasteiger partial charge in [0.25, 0.3) is 0 Å². The molecule has 11 heavy (non-hydrogen) atoms. The zero-order valence-corrected chi connectivity index (χ0v) is 9.62. The summed E-state index contributed by atoms with van der Waals surface area (Å²) in [6, 6.07) is 0. The molecule has 0 aliphatic carbocycles. The molecule has 2 N–H and O–H groups in total. The third kappa shape index (κ3) is 13.7. The van der Waals surface area contributed by atoms with Gasteiger partial charge in [0.05, 0.1) is 0 Å². The van der Waals surface area contributed by atoms with Crippen LogP contribution >= 0.6 is 24.0 Å². The first kappa shape index (κ1) is 14.3. The molecule has 0 aromatic rings. The normalized spacial score (nSPS) is 8.82. The van der Waals surface area contributed by atoms with Crippen molar-refractivity contribution in [1.82, 2.24) is 0 Å². The van der Waals surface area contributed by atoms with Gasteiger partial charge < -0.3 is 5.73 Å². The maximum Gasteiger partial charge on any atom is 0.131 e. The molecule has 0 rings (SSSR count). The van der Waals surface area contributed by atoms with Gasteiger partial charge in [-0.2, -0.15) is 0 Å². The summed E-state index contributed by atoms with van der Waals surface area (Å²) in [5, 5.41) is 0. The zero-order valence-electron chi connectivity index (χ0n) is 6.81. The van der Waals surface area contributed by atoms with Crippen LogP contribution in [0.3, 0.4) is 0 Å². The molecule has 0 aromatic heterocycles. The van der Waals surface area contributed by atoms with E-state index in [4.69, 9.17) is 18.0 Å². The molecule has 67 valence electrons. The van der Waals surface area contributed by atoms with Crippen LogP contribution in [0.4, 0.5) is 0 Å². The largest absolute Gasteiger partial charge is 0.385 e. The van der Waals surface area contributed by atoms with Gasteiger partial charge in [-0.3, -0.25) is 0 Å². The number of rotatable bonds is 5. The Morgan fingerprint density at radius 3 is 2.45 bits per heavy atom. The minimum absolute atomic E-state index is 0. The standard InChI is InChI=1S/C7H15NS2.Mn/c1-2-3-4-5-6-10-7(8)9;/h2-6H2,1H3,(H2,8,9);. The summed E-state index contributed by atoms with van der Waals surface area (Å²) in [6.45, 7) is 2.21. The van der Waals surface area contributed by atoms with E-state index < -0.39 is 0 Å². The smallest absolute Gasteiger partial charge is 0.131 e. The molecule has 0 aliphatic heterocycles. The van der Waals surface area contributed by atoms with Crippen molar-refractivity contribution in [2.45, 2.75) is 32.6 Å². The summed E-state index contributed by atoms with van der Waals surface area (Å²) in [5.74, 6) is 1.09. The van der Waals surface area contributed by atoms with Crippen LogP contribution in [0.25, 0.3) is 0 Å². The van der Waals surface area contributed by atoms with Crippen LogP contribution in [0.1, 0.15) is 32.6 Å². The van der Waals surface area contributed by atoms with Gasteiger partial charge in [-0.1, -0.05) is 50.2 Å². The average molecular weight is 232 g/mol. The zero-order chi connectivity index (χ0) is 7.82. The monoisotopic (exact) mass is 232 g/mol. The first-order chi connectivity index (χ1) is 4.77. The molecule has 0 amide bonds. The van der Waals surface area contributed by atoms with Gasteiger partial charge in [0, 0.05) is 22.8 Å². The predicted molar refractivity (Wildman–Crippen MR) is 53.4 cm³/mol. The van der Waals surface area contributed by atoms with Crippen molar-refractivity contribution in [3.63, 3.8) is 0 Å². The van der Waals surface area contributed by atoms with E-state index >= 15 is 0 Å². The molecule has 4 heteroatoms. The third-order valence-corrected chi connectivity index (χ3v) is 2.37. The third-order valence-electron chi connectivity index (χ3n) is 1.24. The van der Waals surface area contributed by atoms with Crippen LogP contribution in [0.5, 0.6) is 0 Å². The molecule has 1 nitrogen and oxygen atoms in total. The SMILES string of the molecule is CCCCCCSC(N)=S.[Mn]. The summed E-state index contributed by atoms with van der Waals surface area (Å²) in [6.07, 6.45) is 5.18. The number of thioether (sulfide) groups is 1. The van der Waals surface area contributed by atoms with Crippen LogP contribution in [0, 0.1) is 0 Å². The minimum atomic E-state index is 0. The Balaban J connectivity index is 0. The Hall–Kier alpha value is 0.759. The second kappa shape index (κ2) is 10.8. The van der Waals surface area contributed by atoms with Gasteiger partial charge >= 0.3 is 0 Å². The number of unbranched alkanes of at least 4 members (excludes halogenated alkanes) is 3. The van der Waals surface area contributed by atoms with E-state index in [0.29, 0.717) is 4.32 Å². The molecule has 0 fully saturated rings. The quantitative estimate of drug-likeness (QED) is 0.448. The Morgan fingerprint density at radius 1 is 1.36 bits per heavy atom. The second-order valence-electron chi connectivity index (χ2n) is 2.23. The fourth-order valence-electron chi connectivity index (χ4n) is 0.702. The number of thiocarbonyl (C=S) groups is 1. The molecule has 0 aliphatic rings. The maximum atomic E-state index is 5.30. The van der Waals surface area contributed by atoms with Gasteiger partial charge in [0.15, 0.2) is 0 Å². The van der Waals surface area contributed by atoms with E-state index in [1.165, 1.54) is 25.7 Å². The van der Waals surface area contributed by atoms with Gasteiger partial charge in [-0.05, 0) is 6.42 Å². The molecule has 0 saturated heterocycles. The van der Waals surface area contributed by atoms with Gasteiger partial charge in [-0.25, -0.2) is 0 Å². The van der Waals surface area contributed by atoms with Crippen LogP contribution in [0.15, 0.2) is 0 Å².